The van der Waals surface area contributed by atoms with Crippen molar-refractivity contribution in [2.75, 3.05) is 60.4 Å². The lowest BCUT2D eigenvalue weighted by atomic mass is 10.1. The number of halogens is 3. The van der Waals surface area contributed by atoms with E-state index in [9.17, 15) is 32.3 Å². The molecule has 3 amide bonds. The number of benzene rings is 2. The Morgan fingerprint density at radius 1 is 0.871 bits per heavy atom. The summed E-state index contributed by atoms with van der Waals surface area (Å²) in [5.41, 5.74) is 6.17. The molecule has 0 saturated carbocycles. The van der Waals surface area contributed by atoms with Crippen molar-refractivity contribution in [1.29, 1.82) is 0 Å². The number of fused-ring (bicyclic) bond motifs is 3. The first-order valence-corrected chi connectivity index (χ1v) is 20.1. The van der Waals surface area contributed by atoms with Gasteiger partial charge in [0.05, 0.1) is 38.6 Å². The number of piperidine rings is 1. The molecule has 0 aliphatic carbocycles. The number of unbranched alkanes of at least 4 members (excludes halogenated alkanes) is 1. The molecule has 1 saturated heterocycles. The number of aromatic nitrogens is 3. The molecule has 0 bridgehead atoms. The van der Waals surface area contributed by atoms with Crippen LogP contribution >= 0.6 is 0 Å². The number of hydrogen-bond donors (Lipinski definition) is 1. The average Bonchev–Trinajstić information content (AvgIpc) is 3.55. The molecule has 62 heavy (non-hydrogen) atoms. The lowest BCUT2D eigenvalue weighted by molar-refractivity contribution is -0.214. The maximum atomic E-state index is 12.6. The predicted molar refractivity (Wildman–Crippen MR) is 227 cm³/mol. The molecule has 4 heterocycles. The minimum Gasteiger partial charge on any atom is -0.475 e. The molecule has 1 aliphatic rings. The number of nitrogens with one attached hydrogen (secondary N) is 1. The zero-order valence-electron chi connectivity index (χ0n) is 35.4. The van der Waals surface area contributed by atoms with Crippen LogP contribution in [0.25, 0.3) is 32.9 Å². The Morgan fingerprint density at radius 2 is 1.56 bits per heavy atom. The summed E-state index contributed by atoms with van der Waals surface area (Å²) in [5.74, 6) is -0.130. The van der Waals surface area contributed by atoms with Gasteiger partial charge >= 0.3 is 6.18 Å². The number of rotatable bonds is 20. The predicted octanol–water partition coefficient (Wildman–Crippen LogP) is 6.65. The van der Waals surface area contributed by atoms with E-state index in [-0.39, 0.29) is 18.2 Å². The van der Waals surface area contributed by atoms with Gasteiger partial charge < -0.3 is 33.2 Å². The second-order valence-electron chi connectivity index (χ2n) is 14.2. The molecule has 1 aliphatic heterocycles. The maximum absolute atomic E-state index is 12.6. The van der Waals surface area contributed by atoms with E-state index < -0.39 is 18.3 Å². The number of nitrogens with zero attached hydrogens (tertiary/aromatic N) is 4. The van der Waals surface area contributed by atoms with Crippen molar-refractivity contribution < 1.29 is 56.0 Å². The van der Waals surface area contributed by atoms with Crippen LogP contribution in [0.4, 0.5) is 13.2 Å². The number of amides is 3. The Labute approximate surface area is 358 Å². The standard InChI is InChI=1S/C30H36F3N3O5.C8H8O.C7H10N2O3/c1-36-26-10-11-34-21-25(26)24-8-6-22(19-27(24)36)23-7-9-29(35-20-23)41-18-17-40-16-15-39-14-13-38-12-4-3-5-28(37-2)30(31,32)33;1-7-4-2-3-5-8(7)6-9;1-9(4-10)5-2-3-6(11)8-7(5)12/h6-11,19-21,28H,3-5,12-18H2,1-2H3;2-6H,1H3;4-5H,2-3H2,1H3,(H,8,11,12). The minimum absolute atomic E-state index is 0.0657. The van der Waals surface area contributed by atoms with Gasteiger partial charge in [-0.1, -0.05) is 36.4 Å². The van der Waals surface area contributed by atoms with Gasteiger partial charge in [0, 0.05) is 86.3 Å². The molecule has 2 aromatic carbocycles. The Hall–Kier alpha value is -5.75. The molecule has 0 spiro atoms. The van der Waals surface area contributed by atoms with Crippen molar-refractivity contribution in [1.82, 2.24) is 24.8 Å². The van der Waals surface area contributed by atoms with Crippen molar-refractivity contribution in [3.05, 3.63) is 90.4 Å². The van der Waals surface area contributed by atoms with E-state index in [1.807, 2.05) is 55.6 Å². The summed E-state index contributed by atoms with van der Waals surface area (Å²) in [4.78, 5) is 52.2. The largest absolute Gasteiger partial charge is 0.475 e. The van der Waals surface area contributed by atoms with Crippen LogP contribution in [0.3, 0.4) is 0 Å². The molecule has 2 atom stereocenters. The van der Waals surface area contributed by atoms with E-state index in [2.05, 4.69) is 49.8 Å². The first-order chi connectivity index (χ1) is 29.9. The van der Waals surface area contributed by atoms with Crippen LogP contribution in [-0.2, 0) is 40.4 Å². The van der Waals surface area contributed by atoms with Gasteiger partial charge in [0.2, 0.25) is 24.1 Å². The van der Waals surface area contributed by atoms with Gasteiger partial charge in [-0.2, -0.15) is 13.2 Å². The van der Waals surface area contributed by atoms with E-state index in [4.69, 9.17) is 18.9 Å². The lowest BCUT2D eigenvalue weighted by Crippen LogP contribution is -2.50. The minimum atomic E-state index is -4.33. The summed E-state index contributed by atoms with van der Waals surface area (Å²) >= 11 is 0. The van der Waals surface area contributed by atoms with Crippen LogP contribution in [0.2, 0.25) is 0 Å². The molecular formula is C45H54F3N5O9. The van der Waals surface area contributed by atoms with Crippen LogP contribution in [0.15, 0.2) is 79.3 Å². The van der Waals surface area contributed by atoms with E-state index >= 15 is 0 Å². The van der Waals surface area contributed by atoms with Crippen molar-refractivity contribution in [2.45, 2.75) is 57.3 Å². The molecule has 14 nitrogen and oxygen atoms in total. The van der Waals surface area contributed by atoms with Crippen LogP contribution in [-0.4, -0.2) is 123 Å². The second-order valence-corrected chi connectivity index (χ2v) is 14.2. The Kier molecular flexibility index (Phi) is 19.9. The van der Waals surface area contributed by atoms with Gasteiger partial charge in [0.25, 0.3) is 0 Å². The summed E-state index contributed by atoms with van der Waals surface area (Å²) in [7, 11) is 4.65. The summed E-state index contributed by atoms with van der Waals surface area (Å²) in [5, 5.41) is 4.47. The first kappa shape index (κ1) is 48.9. The number of ether oxygens (including phenoxy) is 5. The van der Waals surface area contributed by atoms with Crippen LogP contribution in [0.1, 0.15) is 48.0 Å². The topological polar surface area (TPSA) is 160 Å². The highest BCUT2D eigenvalue weighted by atomic mass is 19.4. The summed E-state index contributed by atoms with van der Waals surface area (Å²) in [6.45, 7) is 4.67. The van der Waals surface area contributed by atoms with Crippen molar-refractivity contribution in [2.24, 2.45) is 7.05 Å². The third kappa shape index (κ3) is 15.0. The van der Waals surface area contributed by atoms with Gasteiger partial charge in [-0.3, -0.25) is 29.5 Å². The zero-order valence-corrected chi connectivity index (χ0v) is 35.4. The summed E-state index contributed by atoms with van der Waals surface area (Å²) < 4.78 is 66.4. The smallest absolute Gasteiger partial charge is 0.414 e. The van der Waals surface area contributed by atoms with Gasteiger partial charge in [0.15, 0.2) is 6.10 Å². The molecular weight excluding hydrogens is 812 g/mol. The number of methoxy groups -OCH3 is 1. The summed E-state index contributed by atoms with van der Waals surface area (Å²) in [6.07, 6.45) is 2.49. The van der Waals surface area contributed by atoms with E-state index in [0.717, 1.165) is 52.1 Å². The van der Waals surface area contributed by atoms with Crippen molar-refractivity contribution >= 4 is 46.3 Å². The number of alkyl halides is 3. The van der Waals surface area contributed by atoms with Gasteiger partial charge in [-0.05, 0) is 61.9 Å². The number of aldehydes is 1. The van der Waals surface area contributed by atoms with Crippen LogP contribution in [0.5, 0.6) is 5.88 Å². The fourth-order valence-corrected chi connectivity index (χ4v) is 6.43. The number of hydrogen-bond acceptors (Lipinski definition) is 11. The van der Waals surface area contributed by atoms with Gasteiger partial charge in [-0.25, -0.2) is 4.98 Å². The zero-order chi connectivity index (χ0) is 44.9. The van der Waals surface area contributed by atoms with E-state index in [0.29, 0.717) is 84.2 Å². The molecule has 1 N–H and O–H groups in total. The third-order valence-corrected chi connectivity index (χ3v) is 9.94. The highest BCUT2D eigenvalue weighted by Crippen LogP contribution is 2.31. The quantitative estimate of drug-likeness (QED) is 0.0507. The molecule has 2 unspecified atom stereocenters. The number of likely N-dealkylation sites (N-methyl/N-ethyl adjacent to an activating group) is 1. The first-order valence-electron chi connectivity index (χ1n) is 20.1. The molecule has 3 aromatic heterocycles. The molecule has 6 rings (SSSR count). The highest BCUT2D eigenvalue weighted by Gasteiger charge is 2.39. The molecule has 5 aromatic rings. The van der Waals surface area contributed by atoms with E-state index in [1.165, 1.54) is 17.3 Å². The average molecular weight is 866 g/mol. The van der Waals surface area contributed by atoms with E-state index in [1.54, 1.807) is 12.4 Å². The normalized spacial score (nSPS) is 14.3. The molecule has 17 heteroatoms. The maximum Gasteiger partial charge on any atom is 0.414 e. The van der Waals surface area contributed by atoms with Crippen LogP contribution in [0, 0.1) is 6.92 Å². The summed E-state index contributed by atoms with van der Waals surface area (Å²) in [6, 6.07) is 19.3. The molecule has 334 valence electrons. The van der Waals surface area contributed by atoms with Crippen LogP contribution < -0.4 is 10.1 Å². The Balaban J connectivity index is 0.000000326. The SMILES string of the molecule is CN(C=O)C1CCC(=O)NC1=O.COC(CCCCOCCOCCOCCOc1ccc(-c2ccc3c4cnccc4n(C)c3c2)cn1)C(F)(F)F.Cc1ccccc1C=O. The fraction of sp³-hybridized carbons (Fsp3) is 0.422. The highest BCUT2D eigenvalue weighted by molar-refractivity contribution is 6.08. The monoisotopic (exact) mass is 865 g/mol. The second kappa shape index (κ2) is 25.2. The number of carbonyl (C=O) groups excluding carboxylic acids is 4. The Morgan fingerprint density at radius 3 is 2.18 bits per heavy atom. The lowest BCUT2D eigenvalue weighted by Gasteiger charge is -2.26. The number of aryl methyl sites for hydroxylation is 2. The number of pyridine rings is 2. The van der Waals surface area contributed by atoms with Crippen molar-refractivity contribution in [3.63, 3.8) is 0 Å². The molecule has 1 fully saturated rings. The third-order valence-electron chi connectivity index (χ3n) is 9.94. The van der Waals surface area contributed by atoms with Gasteiger partial charge in [0.1, 0.15) is 18.9 Å². The number of carbonyl (C=O) groups is 4. The Bertz CT molecular complexity index is 2180. The van der Waals surface area contributed by atoms with Gasteiger partial charge in [-0.15, -0.1) is 0 Å². The number of imide groups is 1. The molecule has 0 radical (unpaired) electrons. The van der Waals surface area contributed by atoms with Crippen molar-refractivity contribution in [3.8, 4) is 17.0 Å². The fourth-order valence-electron chi connectivity index (χ4n) is 6.43.